The summed E-state index contributed by atoms with van der Waals surface area (Å²) in [5, 5.41) is 6.49. The molecule has 0 aromatic carbocycles. The Kier molecular flexibility index (Phi) is 7.76. The molecule has 2 amide bonds. The van der Waals surface area contributed by atoms with E-state index >= 15 is 0 Å². The quantitative estimate of drug-likeness (QED) is 0.569. The van der Waals surface area contributed by atoms with Crippen LogP contribution in [0.1, 0.15) is 25.7 Å². The first kappa shape index (κ1) is 15.6. The third-order valence-corrected chi connectivity index (χ3v) is 2.60. The van der Waals surface area contributed by atoms with Crippen LogP contribution >= 0.6 is 0 Å². The summed E-state index contributed by atoms with van der Waals surface area (Å²) in [5.74, 6) is -0.356. The minimum Gasteiger partial charge on any atom is -0.382 e. The maximum absolute atomic E-state index is 11.6. The maximum Gasteiger partial charge on any atom is 0.267 e. The molecular formula is C12H21N3O4. The minimum absolute atomic E-state index is 0.148. The topological polar surface area (TPSA) is 89.0 Å². The van der Waals surface area contributed by atoms with Gasteiger partial charge < -0.3 is 14.8 Å². The lowest BCUT2D eigenvalue weighted by Crippen LogP contribution is -2.37. The van der Waals surface area contributed by atoms with Gasteiger partial charge in [-0.15, -0.1) is 0 Å². The van der Waals surface area contributed by atoms with Crippen LogP contribution < -0.4 is 10.7 Å². The van der Waals surface area contributed by atoms with E-state index in [4.69, 9.17) is 9.47 Å². The lowest BCUT2D eigenvalue weighted by Gasteiger charge is -2.11. The van der Waals surface area contributed by atoms with Crippen LogP contribution in [0.15, 0.2) is 5.10 Å². The Bertz CT molecular complexity index is 331. The first-order valence-corrected chi connectivity index (χ1v) is 6.44. The standard InChI is InChI=1S/C12H21N3O4/c1-18-8-9-19-7-3-2-6-13-12(17)10-4-5-11(16)15-14-10/h2-9H2,1H3,(H,13,17)(H,15,16). The molecule has 1 rings (SSSR count). The first-order chi connectivity index (χ1) is 9.24. The van der Waals surface area contributed by atoms with E-state index < -0.39 is 0 Å². The zero-order valence-electron chi connectivity index (χ0n) is 11.2. The second-order valence-electron chi connectivity index (χ2n) is 4.16. The Balaban J connectivity index is 2.00. The fraction of sp³-hybridized carbons (Fsp3) is 0.750. The van der Waals surface area contributed by atoms with Crippen LogP contribution in [0.2, 0.25) is 0 Å². The predicted molar refractivity (Wildman–Crippen MR) is 69.8 cm³/mol. The first-order valence-electron chi connectivity index (χ1n) is 6.44. The summed E-state index contributed by atoms with van der Waals surface area (Å²) in [6.45, 7) is 2.44. The number of ether oxygens (including phenoxy) is 2. The number of methoxy groups -OCH3 is 1. The van der Waals surface area contributed by atoms with E-state index in [-0.39, 0.29) is 11.8 Å². The number of carbonyl (C=O) groups is 2. The van der Waals surface area contributed by atoms with Gasteiger partial charge >= 0.3 is 0 Å². The average Bonchev–Trinajstić information content (AvgIpc) is 2.42. The van der Waals surface area contributed by atoms with Crippen molar-refractivity contribution in [2.24, 2.45) is 5.10 Å². The molecule has 0 fully saturated rings. The smallest absolute Gasteiger partial charge is 0.267 e. The van der Waals surface area contributed by atoms with E-state index in [0.29, 0.717) is 44.9 Å². The Morgan fingerprint density at radius 3 is 2.84 bits per heavy atom. The molecular weight excluding hydrogens is 250 g/mol. The van der Waals surface area contributed by atoms with E-state index in [1.165, 1.54) is 0 Å². The highest BCUT2D eigenvalue weighted by atomic mass is 16.5. The summed E-state index contributed by atoms with van der Waals surface area (Å²) < 4.78 is 10.2. The number of nitrogens with zero attached hydrogens (tertiary/aromatic N) is 1. The number of hydrogen-bond donors (Lipinski definition) is 2. The molecule has 0 aliphatic carbocycles. The highest BCUT2D eigenvalue weighted by Crippen LogP contribution is 1.99. The molecule has 0 atom stereocenters. The average molecular weight is 271 g/mol. The normalized spacial score (nSPS) is 14.8. The Labute approximate surface area is 112 Å². The lowest BCUT2D eigenvalue weighted by molar-refractivity contribution is -0.121. The second kappa shape index (κ2) is 9.46. The van der Waals surface area contributed by atoms with Gasteiger partial charge in [0.25, 0.3) is 5.91 Å². The van der Waals surface area contributed by atoms with Gasteiger partial charge in [0, 0.05) is 33.1 Å². The van der Waals surface area contributed by atoms with Crippen LogP contribution in [0, 0.1) is 0 Å². The van der Waals surface area contributed by atoms with Gasteiger partial charge in [0.1, 0.15) is 5.71 Å². The zero-order chi connectivity index (χ0) is 13.9. The van der Waals surface area contributed by atoms with Crippen LogP contribution in [-0.2, 0) is 19.1 Å². The lowest BCUT2D eigenvalue weighted by atomic mass is 10.1. The van der Waals surface area contributed by atoms with Crippen LogP contribution in [0.5, 0.6) is 0 Å². The molecule has 0 bridgehead atoms. The number of unbranched alkanes of at least 4 members (excludes halogenated alkanes) is 1. The van der Waals surface area contributed by atoms with Crippen LogP contribution in [-0.4, -0.2) is 51.0 Å². The Hall–Kier alpha value is -1.47. The van der Waals surface area contributed by atoms with Crippen LogP contribution in [0.25, 0.3) is 0 Å². The number of nitrogens with one attached hydrogen (secondary N) is 2. The molecule has 0 aromatic rings. The fourth-order valence-corrected chi connectivity index (χ4v) is 1.52. The number of amides is 2. The molecule has 0 radical (unpaired) electrons. The third-order valence-electron chi connectivity index (χ3n) is 2.60. The van der Waals surface area contributed by atoms with Crippen molar-refractivity contribution in [3.05, 3.63) is 0 Å². The van der Waals surface area contributed by atoms with Crippen molar-refractivity contribution in [3.63, 3.8) is 0 Å². The molecule has 7 heteroatoms. The SMILES string of the molecule is COCCOCCCCNC(=O)C1=NNC(=O)CC1. The van der Waals surface area contributed by atoms with Crippen molar-refractivity contribution >= 4 is 17.5 Å². The summed E-state index contributed by atoms with van der Waals surface area (Å²) in [7, 11) is 1.63. The molecule has 0 spiro atoms. The maximum atomic E-state index is 11.6. The minimum atomic E-state index is -0.208. The van der Waals surface area contributed by atoms with E-state index in [1.807, 2.05) is 0 Å². The zero-order valence-corrected chi connectivity index (χ0v) is 11.2. The van der Waals surface area contributed by atoms with Gasteiger partial charge in [-0.3, -0.25) is 9.59 Å². The molecule has 0 saturated heterocycles. The van der Waals surface area contributed by atoms with E-state index in [2.05, 4.69) is 15.8 Å². The fourth-order valence-electron chi connectivity index (χ4n) is 1.52. The van der Waals surface area contributed by atoms with Gasteiger partial charge in [-0.05, 0) is 12.8 Å². The molecule has 1 aliphatic heterocycles. The Morgan fingerprint density at radius 2 is 2.16 bits per heavy atom. The summed E-state index contributed by atoms with van der Waals surface area (Å²) >= 11 is 0. The third kappa shape index (κ3) is 6.88. The molecule has 0 aromatic heterocycles. The summed E-state index contributed by atoms with van der Waals surface area (Å²) in [6, 6.07) is 0. The molecule has 108 valence electrons. The molecule has 0 unspecified atom stereocenters. The van der Waals surface area contributed by atoms with Gasteiger partial charge in [-0.2, -0.15) is 5.10 Å². The molecule has 7 nitrogen and oxygen atoms in total. The molecule has 1 heterocycles. The van der Waals surface area contributed by atoms with Crippen molar-refractivity contribution in [1.29, 1.82) is 0 Å². The van der Waals surface area contributed by atoms with Gasteiger partial charge in [-0.25, -0.2) is 5.43 Å². The number of hydrogen-bond acceptors (Lipinski definition) is 5. The van der Waals surface area contributed by atoms with Crippen molar-refractivity contribution in [2.75, 3.05) is 33.5 Å². The van der Waals surface area contributed by atoms with Crippen molar-refractivity contribution in [1.82, 2.24) is 10.7 Å². The van der Waals surface area contributed by atoms with E-state index in [1.54, 1.807) is 7.11 Å². The van der Waals surface area contributed by atoms with E-state index in [0.717, 1.165) is 12.8 Å². The molecule has 0 saturated carbocycles. The largest absolute Gasteiger partial charge is 0.382 e. The summed E-state index contributed by atoms with van der Waals surface area (Å²) in [6.07, 6.45) is 2.45. The number of rotatable bonds is 9. The van der Waals surface area contributed by atoms with Gasteiger partial charge in [0.05, 0.1) is 13.2 Å². The second-order valence-corrected chi connectivity index (χ2v) is 4.16. The molecule has 2 N–H and O–H groups in total. The number of carbonyl (C=O) groups excluding carboxylic acids is 2. The highest BCUT2D eigenvalue weighted by Gasteiger charge is 2.17. The van der Waals surface area contributed by atoms with Crippen molar-refractivity contribution < 1.29 is 19.1 Å². The summed E-state index contributed by atoms with van der Waals surface area (Å²) in [5.41, 5.74) is 2.68. The summed E-state index contributed by atoms with van der Waals surface area (Å²) in [4.78, 5) is 22.5. The van der Waals surface area contributed by atoms with Gasteiger partial charge in [-0.1, -0.05) is 0 Å². The highest BCUT2D eigenvalue weighted by molar-refractivity contribution is 6.39. The number of hydrazone groups is 1. The Morgan fingerprint density at radius 1 is 1.32 bits per heavy atom. The predicted octanol–water partition coefficient (Wildman–Crippen LogP) is -0.188. The van der Waals surface area contributed by atoms with E-state index in [9.17, 15) is 9.59 Å². The van der Waals surface area contributed by atoms with Crippen LogP contribution in [0.4, 0.5) is 0 Å². The van der Waals surface area contributed by atoms with Crippen LogP contribution in [0.3, 0.4) is 0 Å². The monoisotopic (exact) mass is 271 g/mol. The van der Waals surface area contributed by atoms with Gasteiger partial charge in [0.2, 0.25) is 5.91 Å². The van der Waals surface area contributed by atoms with Crippen molar-refractivity contribution in [2.45, 2.75) is 25.7 Å². The van der Waals surface area contributed by atoms with Gasteiger partial charge in [0.15, 0.2) is 0 Å². The van der Waals surface area contributed by atoms with Crippen molar-refractivity contribution in [3.8, 4) is 0 Å². The molecule has 19 heavy (non-hydrogen) atoms. The molecule has 1 aliphatic rings.